The van der Waals surface area contributed by atoms with Crippen LogP contribution in [0.4, 0.5) is 0 Å². The zero-order chi connectivity index (χ0) is 13.0. The first-order valence-corrected chi connectivity index (χ1v) is 8.12. The van der Waals surface area contributed by atoms with Crippen LogP contribution in [-0.2, 0) is 0 Å². The van der Waals surface area contributed by atoms with Gasteiger partial charge >= 0.3 is 0 Å². The predicted octanol–water partition coefficient (Wildman–Crippen LogP) is 3.41. The van der Waals surface area contributed by atoms with Gasteiger partial charge in [-0.2, -0.15) is 0 Å². The van der Waals surface area contributed by atoms with Crippen molar-refractivity contribution in [3.63, 3.8) is 0 Å². The zero-order valence-electron chi connectivity index (χ0n) is 12.5. The second-order valence-electron chi connectivity index (χ2n) is 6.90. The van der Waals surface area contributed by atoms with Crippen molar-refractivity contribution in [3.8, 4) is 0 Å². The van der Waals surface area contributed by atoms with Crippen LogP contribution in [0.15, 0.2) is 0 Å². The molecule has 2 heteroatoms. The molecule has 1 saturated heterocycles. The fourth-order valence-corrected chi connectivity index (χ4v) is 3.87. The third-order valence-electron chi connectivity index (χ3n) is 5.75. The summed E-state index contributed by atoms with van der Waals surface area (Å²) in [5.41, 5.74) is 6.63. The topological polar surface area (TPSA) is 29.3 Å². The number of rotatable bonds is 3. The van der Waals surface area contributed by atoms with E-state index in [0.717, 1.165) is 18.5 Å². The molecule has 1 saturated carbocycles. The van der Waals surface area contributed by atoms with Crippen LogP contribution in [-0.4, -0.2) is 30.6 Å². The maximum Gasteiger partial charge on any atom is 0.0136 e. The van der Waals surface area contributed by atoms with Gasteiger partial charge < -0.3 is 10.6 Å². The fraction of sp³-hybridized carbons (Fsp3) is 1.00. The molecular weight excluding hydrogens is 220 g/mol. The minimum atomic E-state index is 0.611. The Kier molecular flexibility index (Phi) is 5.08. The monoisotopic (exact) mass is 252 g/mol. The summed E-state index contributed by atoms with van der Waals surface area (Å²) >= 11 is 0. The van der Waals surface area contributed by atoms with Gasteiger partial charge in [0.25, 0.3) is 0 Å². The normalized spacial score (nSPS) is 34.2. The van der Waals surface area contributed by atoms with E-state index in [2.05, 4.69) is 18.7 Å². The minimum absolute atomic E-state index is 0.611. The molecule has 0 aromatic rings. The van der Waals surface area contributed by atoms with Crippen LogP contribution in [0.5, 0.6) is 0 Å². The van der Waals surface area contributed by atoms with Crippen molar-refractivity contribution in [2.75, 3.05) is 19.6 Å². The second-order valence-corrected chi connectivity index (χ2v) is 6.90. The molecule has 0 spiro atoms. The van der Waals surface area contributed by atoms with Gasteiger partial charge in [-0.1, -0.05) is 39.5 Å². The number of nitrogens with zero attached hydrogens (tertiary/aromatic N) is 1. The van der Waals surface area contributed by atoms with Crippen molar-refractivity contribution < 1.29 is 0 Å². The van der Waals surface area contributed by atoms with Crippen molar-refractivity contribution in [3.05, 3.63) is 0 Å². The van der Waals surface area contributed by atoms with Gasteiger partial charge in [0.15, 0.2) is 0 Å². The fourth-order valence-electron chi connectivity index (χ4n) is 3.87. The highest BCUT2D eigenvalue weighted by Crippen LogP contribution is 2.37. The molecule has 2 nitrogen and oxygen atoms in total. The van der Waals surface area contributed by atoms with Crippen LogP contribution in [0.1, 0.15) is 65.2 Å². The van der Waals surface area contributed by atoms with E-state index < -0.39 is 0 Å². The van der Waals surface area contributed by atoms with E-state index in [1.54, 1.807) is 0 Å². The lowest BCUT2D eigenvalue weighted by Gasteiger charge is -2.44. The van der Waals surface area contributed by atoms with Gasteiger partial charge in [-0.05, 0) is 56.7 Å². The summed E-state index contributed by atoms with van der Waals surface area (Å²) in [7, 11) is 0. The lowest BCUT2D eigenvalue weighted by molar-refractivity contribution is 0.0544. The van der Waals surface area contributed by atoms with Crippen LogP contribution in [0.3, 0.4) is 0 Å². The van der Waals surface area contributed by atoms with Crippen LogP contribution in [0, 0.1) is 11.3 Å². The molecular formula is C16H32N2. The molecule has 1 aliphatic heterocycles. The van der Waals surface area contributed by atoms with Crippen LogP contribution >= 0.6 is 0 Å². The molecule has 0 radical (unpaired) electrons. The van der Waals surface area contributed by atoms with E-state index >= 15 is 0 Å². The highest BCUT2D eigenvalue weighted by Gasteiger charge is 2.34. The smallest absolute Gasteiger partial charge is 0.0136 e. The number of hydrogen-bond donors (Lipinski definition) is 1. The summed E-state index contributed by atoms with van der Waals surface area (Å²) in [6.07, 6.45) is 11.1. The first-order valence-electron chi connectivity index (χ1n) is 8.12. The van der Waals surface area contributed by atoms with Crippen molar-refractivity contribution in [1.29, 1.82) is 0 Å². The highest BCUT2D eigenvalue weighted by molar-refractivity contribution is 4.88. The lowest BCUT2D eigenvalue weighted by atomic mass is 9.77. The maximum absolute atomic E-state index is 6.02. The molecule has 18 heavy (non-hydrogen) atoms. The number of nitrogens with two attached hydrogens (primary N) is 1. The van der Waals surface area contributed by atoms with E-state index in [1.165, 1.54) is 64.5 Å². The van der Waals surface area contributed by atoms with Crippen molar-refractivity contribution in [2.24, 2.45) is 17.1 Å². The molecule has 0 aromatic heterocycles. The van der Waals surface area contributed by atoms with E-state index in [1.807, 2.05) is 0 Å². The largest absolute Gasteiger partial charge is 0.330 e. The molecule has 1 heterocycles. The second kappa shape index (κ2) is 6.38. The van der Waals surface area contributed by atoms with Gasteiger partial charge in [0.05, 0.1) is 0 Å². The van der Waals surface area contributed by atoms with Crippen LogP contribution in [0.25, 0.3) is 0 Å². The van der Waals surface area contributed by atoms with Crippen LogP contribution < -0.4 is 5.73 Å². The number of likely N-dealkylation sites (tertiary alicyclic amines) is 1. The van der Waals surface area contributed by atoms with Crippen molar-refractivity contribution in [1.82, 2.24) is 4.90 Å². The zero-order valence-corrected chi connectivity index (χ0v) is 12.5. The Hall–Kier alpha value is -0.0800. The van der Waals surface area contributed by atoms with Gasteiger partial charge in [0.1, 0.15) is 0 Å². The Morgan fingerprint density at radius 3 is 2.39 bits per heavy atom. The molecule has 0 amide bonds. The minimum Gasteiger partial charge on any atom is -0.330 e. The van der Waals surface area contributed by atoms with Crippen molar-refractivity contribution in [2.45, 2.75) is 71.3 Å². The molecule has 2 fully saturated rings. The quantitative estimate of drug-likeness (QED) is 0.780. The molecule has 2 rings (SSSR count). The predicted molar refractivity (Wildman–Crippen MR) is 78.6 cm³/mol. The lowest BCUT2D eigenvalue weighted by Crippen LogP contribution is -2.48. The number of piperidine rings is 1. The van der Waals surface area contributed by atoms with Gasteiger partial charge in [-0.25, -0.2) is 0 Å². The Morgan fingerprint density at radius 2 is 1.78 bits per heavy atom. The Balaban J connectivity index is 1.94. The average Bonchev–Trinajstić information content (AvgIpc) is 2.65. The van der Waals surface area contributed by atoms with Gasteiger partial charge in [-0.3, -0.25) is 0 Å². The van der Waals surface area contributed by atoms with E-state index in [-0.39, 0.29) is 0 Å². The molecule has 2 atom stereocenters. The number of hydrogen-bond acceptors (Lipinski definition) is 2. The standard InChI is InChI=1S/C16H32N2/c1-3-16(2)9-11-18(12-10-16)15-8-6-4-5-7-14(15)13-17/h14-15H,3-13,17H2,1-2H3. The maximum atomic E-state index is 6.02. The summed E-state index contributed by atoms with van der Waals surface area (Å²) in [6, 6.07) is 0.791. The van der Waals surface area contributed by atoms with E-state index in [0.29, 0.717) is 5.41 Å². The Bertz CT molecular complexity index is 243. The molecule has 2 aliphatic rings. The summed E-state index contributed by atoms with van der Waals surface area (Å²) in [6.45, 7) is 8.34. The first-order chi connectivity index (χ1) is 8.68. The van der Waals surface area contributed by atoms with Gasteiger partial charge in [-0.15, -0.1) is 0 Å². The third-order valence-corrected chi connectivity index (χ3v) is 5.75. The summed E-state index contributed by atoms with van der Waals surface area (Å²) < 4.78 is 0. The summed E-state index contributed by atoms with van der Waals surface area (Å²) in [5.74, 6) is 0.762. The Labute approximate surface area is 113 Å². The molecule has 0 aromatic carbocycles. The first kappa shape index (κ1) is 14.3. The van der Waals surface area contributed by atoms with E-state index in [4.69, 9.17) is 5.73 Å². The Morgan fingerprint density at radius 1 is 1.11 bits per heavy atom. The summed E-state index contributed by atoms with van der Waals surface area (Å²) in [5, 5.41) is 0. The van der Waals surface area contributed by atoms with Crippen molar-refractivity contribution >= 4 is 0 Å². The molecule has 2 N–H and O–H groups in total. The third kappa shape index (κ3) is 3.27. The average molecular weight is 252 g/mol. The SMILES string of the molecule is CCC1(C)CCN(C2CCCCCC2CN)CC1. The molecule has 0 bridgehead atoms. The molecule has 1 aliphatic carbocycles. The molecule has 2 unspecified atom stereocenters. The molecule has 106 valence electrons. The van der Waals surface area contributed by atoms with Crippen LogP contribution in [0.2, 0.25) is 0 Å². The van der Waals surface area contributed by atoms with Gasteiger partial charge in [0.2, 0.25) is 0 Å². The summed E-state index contributed by atoms with van der Waals surface area (Å²) in [4.78, 5) is 2.78. The van der Waals surface area contributed by atoms with E-state index in [9.17, 15) is 0 Å². The van der Waals surface area contributed by atoms with Gasteiger partial charge in [0, 0.05) is 6.04 Å². The highest BCUT2D eigenvalue weighted by atomic mass is 15.2.